The van der Waals surface area contributed by atoms with Crippen LogP contribution < -0.4 is 0 Å². The van der Waals surface area contributed by atoms with Gasteiger partial charge in [0.1, 0.15) is 16.2 Å². The van der Waals surface area contributed by atoms with E-state index in [4.69, 9.17) is 12.2 Å². The minimum atomic E-state index is -4.50. The summed E-state index contributed by atoms with van der Waals surface area (Å²) < 4.78 is 52.5. The molecule has 1 N–H and O–H groups in total. The van der Waals surface area contributed by atoms with E-state index in [2.05, 4.69) is 5.10 Å². The molecule has 19 heavy (non-hydrogen) atoms. The van der Waals surface area contributed by atoms with Crippen molar-refractivity contribution in [3.05, 3.63) is 45.5 Å². The molecule has 0 fully saturated rings. The molecule has 0 atom stereocenters. The molecular weight excluding hydrogens is 280 g/mol. The van der Waals surface area contributed by atoms with Gasteiger partial charge in [0.15, 0.2) is 0 Å². The minimum Gasteiger partial charge on any atom is -0.288 e. The van der Waals surface area contributed by atoms with E-state index in [1.54, 1.807) is 6.92 Å². The van der Waals surface area contributed by atoms with Crippen LogP contribution in [0.2, 0.25) is 0 Å². The molecule has 0 aliphatic carbocycles. The molecule has 0 aliphatic heterocycles. The molecule has 0 saturated carbocycles. The van der Waals surface area contributed by atoms with Crippen LogP contribution in [0.15, 0.2) is 18.2 Å². The number of alkyl halides is 3. The summed E-state index contributed by atoms with van der Waals surface area (Å²) >= 11 is 5.00. The van der Waals surface area contributed by atoms with E-state index >= 15 is 0 Å². The molecule has 1 aromatic carbocycles. The topological polar surface area (TPSA) is 20.7 Å². The van der Waals surface area contributed by atoms with Gasteiger partial charge in [-0.2, -0.15) is 13.2 Å². The fourth-order valence-electron chi connectivity index (χ4n) is 1.84. The molecule has 0 saturated heterocycles. The van der Waals surface area contributed by atoms with Gasteiger partial charge in [0.05, 0.1) is 5.69 Å². The van der Waals surface area contributed by atoms with Crippen molar-refractivity contribution >= 4 is 12.2 Å². The first kappa shape index (κ1) is 13.8. The van der Waals surface area contributed by atoms with Crippen molar-refractivity contribution in [1.82, 2.24) is 9.78 Å². The second-order valence-electron chi connectivity index (χ2n) is 4.18. The van der Waals surface area contributed by atoms with E-state index < -0.39 is 17.7 Å². The highest BCUT2D eigenvalue weighted by molar-refractivity contribution is 7.71. The van der Waals surface area contributed by atoms with Crippen LogP contribution in [-0.4, -0.2) is 9.78 Å². The molecule has 102 valence electrons. The SMILES string of the molecule is Cc1cc(F)ccc1-n1[nH]c(C(F)(F)F)c(C)c1=S. The lowest BCUT2D eigenvalue weighted by Gasteiger charge is -2.08. The zero-order valence-electron chi connectivity index (χ0n) is 10.1. The van der Waals surface area contributed by atoms with Crippen molar-refractivity contribution < 1.29 is 17.6 Å². The number of nitrogens with zero attached hydrogens (tertiary/aromatic N) is 1. The molecule has 0 spiro atoms. The van der Waals surface area contributed by atoms with Gasteiger partial charge >= 0.3 is 6.18 Å². The Kier molecular flexibility index (Phi) is 3.25. The summed E-state index contributed by atoms with van der Waals surface area (Å²) in [5.74, 6) is -0.452. The summed E-state index contributed by atoms with van der Waals surface area (Å²) in [5.41, 5.74) is -0.0523. The number of H-pyrrole nitrogens is 1. The number of aryl methyl sites for hydroxylation is 1. The summed E-state index contributed by atoms with van der Waals surface area (Å²) in [6, 6.07) is 3.80. The Balaban J connectivity index is 2.68. The van der Waals surface area contributed by atoms with Crippen LogP contribution in [0.4, 0.5) is 17.6 Å². The molecule has 0 aliphatic rings. The maximum Gasteiger partial charge on any atom is 0.433 e. The summed E-state index contributed by atoms with van der Waals surface area (Å²) in [6.45, 7) is 2.90. The Hall–Kier alpha value is -1.63. The highest BCUT2D eigenvalue weighted by atomic mass is 32.1. The smallest absolute Gasteiger partial charge is 0.288 e. The van der Waals surface area contributed by atoms with Crippen molar-refractivity contribution in [3.8, 4) is 5.69 Å². The van der Waals surface area contributed by atoms with E-state index in [1.165, 1.54) is 25.1 Å². The van der Waals surface area contributed by atoms with Crippen molar-refractivity contribution in [1.29, 1.82) is 0 Å². The average molecular weight is 290 g/mol. The number of hydrogen-bond acceptors (Lipinski definition) is 1. The Bertz CT molecular complexity index is 682. The molecule has 0 amide bonds. The van der Waals surface area contributed by atoms with Gasteiger partial charge < -0.3 is 0 Å². The first-order valence-electron chi connectivity index (χ1n) is 5.37. The van der Waals surface area contributed by atoms with Gasteiger partial charge in [-0.3, -0.25) is 5.10 Å². The van der Waals surface area contributed by atoms with Crippen LogP contribution in [0.25, 0.3) is 5.69 Å². The number of rotatable bonds is 1. The first-order chi connectivity index (χ1) is 8.71. The predicted molar refractivity (Wildman–Crippen MR) is 65.4 cm³/mol. The van der Waals surface area contributed by atoms with Gasteiger partial charge in [-0.25, -0.2) is 9.07 Å². The van der Waals surface area contributed by atoms with Gasteiger partial charge in [-0.15, -0.1) is 0 Å². The molecule has 0 radical (unpaired) electrons. The lowest BCUT2D eigenvalue weighted by molar-refractivity contribution is -0.141. The lowest BCUT2D eigenvalue weighted by atomic mass is 10.2. The maximum absolute atomic E-state index is 13.0. The molecule has 1 heterocycles. The molecule has 2 nitrogen and oxygen atoms in total. The number of hydrogen-bond donors (Lipinski definition) is 1. The zero-order chi connectivity index (χ0) is 14.4. The summed E-state index contributed by atoms with van der Waals surface area (Å²) in [5, 5.41) is 2.23. The van der Waals surface area contributed by atoms with Gasteiger partial charge in [0, 0.05) is 5.56 Å². The Morgan fingerprint density at radius 3 is 2.32 bits per heavy atom. The third kappa shape index (κ3) is 2.42. The average Bonchev–Trinajstić information content (AvgIpc) is 2.56. The Morgan fingerprint density at radius 1 is 1.21 bits per heavy atom. The van der Waals surface area contributed by atoms with Crippen molar-refractivity contribution in [3.63, 3.8) is 0 Å². The summed E-state index contributed by atoms with van der Waals surface area (Å²) in [7, 11) is 0. The van der Waals surface area contributed by atoms with Crippen molar-refractivity contribution in [2.24, 2.45) is 0 Å². The number of benzene rings is 1. The second-order valence-corrected chi connectivity index (χ2v) is 4.57. The van der Waals surface area contributed by atoms with E-state index in [9.17, 15) is 17.6 Å². The Labute approximate surface area is 111 Å². The standard InChI is InChI=1S/C12H10F4N2S/c1-6-5-8(13)3-4-9(6)18-11(19)7(2)10(17-18)12(14,15)16/h3-5,17H,1-2H3. The number of aromatic nitrogens is 2. The highest BCUT2D eigenvalue weighted by Gasteiger charge is 2.35. The van der Waals surface area contributed by atoms with Gasteiger partial charge in [0.25, 0.3) is 0 Å². The fourth-order valence-corrected chi connectivity index (χ4v) is 2.08. The number of aromatic amines is 1. The van der Waals surface area contributed by atoms with E-state index in [-0.39, 0.29) is 10.2 Å². The van der Waals surface area contributed by atoms with E-state index in [1.807, 2.05) is 0 Å². The summed E-state index contributed by atoms with van der Waals surface area (Å²) in [6.07, 6.45) is -4.50. The van der Waals surface area contributed by atoms with Crippen LogP contribution in [0.3, 0.4) is 0 Å². The zero-order valence-corrected chi connectivity index (χ0v) is 10.9. The van der Waals surface area contributed by atoms with Crippen molar-refractivity contribution in [2.75, 3.05) is 0 Å². The largest absolute Gasteiger partial charge is 0.433 e. The maximum atomic E-state index is 13.0. The van der Waals surface area contributed by atoms with Gasteiger partial charge in [-0.1, -0.05) is 12.2 Å². The highest BCUT2D eigenvalue weighted by Crippen LogP contribution is 2.32. The molecule has 0 bridgehead atoms. The monoisotopic (exact) mass is 290 g/mol. The molecule has 2 rings (SSSR count). The normalized spacial score (nSPS) is 11.9. The molecule has 1 aromatic heterocycles. The predicted octanol–water partition coefficient (Wildman–Crippen LogP) is 4.31. The molecule has 0 unspecified atom stereocenters. The summed E-state index contributed by atoms with van der Waals surface area (Å²) in [4.78, 5) is 0. The van der Waals surface area contributed by atoms with Crippen LogP contribution in [0.1, 0.15) is 16.8 Å². The second kappa shape index (κ2) is 4.48. The van der Waals surface area contributed by atoms with Crippen LogP contribution in [-0.2, 0) is 6.18 Å². The van der Waals surface area contributed by atoms with Crippen LogP contribution >= 0.6 is 12.2 Å². The number of nitrogens with one attached hydrogen (secondary N) is 1. The molecular formula is C12H10F4N2S. The third-order valence-corrected chi connectivity index (χ3v) is 3.29. The van der Waals surface area contributed by atoms with Gasteiger partial charge in [0.2, 0.25) is 0 Å². The molecule has 7 heteroatoms. The Morgan fingerprint density at radius 2 is 1.84 bits per heavy atom. The third-order valence-electron chi connectivity index (χ3n) is 2.81. The molecule has 2 aromatic rings. The quantitative estimate of drug-likeness (QED) is 0.613. The van der Waals surface area contributed by atoms with Gasteiger partial charge in [-0.05, 0) is 37.6 Å². The first-order valence-corrected chi connectivity index (χ1v) is 5.78. The number of halogens is 4. The van der Waals surface area contributed by atoms with Crippen LogP contribution in [0.5, 0.6) is 0 Å². The fraction of sp³-hybridized carbons (Fsp3) is 0.250. The van der Waals surface area contributed by atoms with Crippen LogP contribution in [0, 0.1) is 24.3 Å². The lowest BCUT2D eigenvalue weighted by Crippen LogP contribution is -2.09. The van der Waals surface area contributed by atoms with E-state index in [0.29, 0.717) is 11.3 Å². The minimum absolute atomic E-state index is 0.0297. The van der Waals surface area contributed by atoms with E-state index in [0.717, 1.165) is 4.68 Å². The van der Waals surface area contributed by atoms with Crippen molar-refractivity contribution in [2.45, 2.75) is 20.0 Å².